The van der Waals surface area contributed by atoms with Crippen molar-refractivity contribution >= 4 is 56.5 Å². The van der Waals surface area contributed by atoms with Crippen LogP contribution in [0.15, 0.2) is 57.2 Å². The van der Waals surface area contributed by atoms with Gasteiger partial charge in [-0.2, -0.15) is 0 Å². The monoisotopic (exact) mass is 442 g/mol. The lowest BCUT2D eigenvalue weighted by Gasteiger charge is -2.22. The number of fused-ring (bicyclic) bond motifs is 2. The highest BCUT2D eigenvalue weighted by Gasteiger charge is 2.44. The number of aromatic nitrogens is 1. The molecule has 4 aromatic rings. The maximum absolute atomic E-state index is 13.5. The molecule has 0 N–H and O–H groups in total. The van der Waals surface area contributed by atoms with Crippen molar-refractivity contribution in [3.63, 3.8) is 0 Å². The summed E-state index contributed by atoms with van der Waals surface area (Å²) < 4.78 is 5.94. The van der Waals surface area contributed by atoms with Crippen LogP contribution in [0.2, 0.25) is 10.0 Å². The minimum Gasteiger partial charge on any atom is -0.450 e. The number of anilines is 1. The maximum atomic E-state index is 13.5. The van der Waals surface area contributed by atoms with Gasteiger partial charge in [0.25, 0.3) is 5.91 Å². The van der Waals surface area contributed by atoms with Crippen molar-refractivity contribution < 1.29 is 9.21 Å². The molecule has 1 aliphatic heterocycles. The van der Waals surface area contributed by atoms with Gasteiger partial charge in [-0.15, -0.1) is 11.3 Å². The number of hydrogen-bond donors (Lipinski definition) is 0. The fraction of sp³-hybridized carbons (Fsp3) is 0.0952. The number of carbonyl (C=O) groups excluding carboxylic acids is 1. The summed E-state index contributed by atoms with van der Waals surface area (Å²) in [5.74, 6) is -0.393. The van der Waals surface area contributed by atoms with Gasteiger partial charge in [-0.1, -0.05) is 35.3 Å². The Bertz CT molecular complexity index is 1350. The van der Waals surface area contributed by atoms with Crippen LogP contribution in [-0.4, -0.2) is 10.9 Å². The number of aryl methyl sites for hydroxylation is 1. The Morgan fingerprint density at radius 3 is 2.72 bits per heavy atom. The second kappa shape index (κ2) is 6.69. The van der Waals surface area contributed by atoms with Crippen LogP contribution in [0.1, 0.15) is 33.3 Å². The molecule has 5 nitrogen and oxygen atoms in total. The molecule has 1 aliphatic rings. The van der Waals surface area contributed by atoms with Gasteiger partial charge in [-0.3, -0.25) is 14.5 Å². The molecule has 2 aromatic carbocycles. The lowest BCUT2D eigenvalue weighted by Crippen LogP contribution is -2.29. The molecule has 0 spiro atoms. The van der Waals surface area contributed by atoms with Crippen LogP contribution in [0.3, 0.4) is 0 Å². The number of benzene rings is 2. The van der Waals surface area contributed by atoms with Crippen molar-refractivity contribution in [2.24, 2.45) is 0 Å². The number of amides is 1. The lowest BCUT2D eigenvalue weighted by atomic mass is 9.98. The summed E-state index contributed by atoms with van der Waals surface area (Å²) >= 11 is 13.7. The van der Waals surface area contributed by atoms with E-state index in [0.717, 1.165) is 5.56 Å². The molecule has 1 unspecified atom stereocenters. The summed E-state index contributed by atoms with van der Waals surface area (Å²) in [6, 6.07) is 9.65. The van der Waals surface area contributed by atoms with E-state index in [9.17, 15) is 9.59 Å². The van der Waals surface area contributed by atoms with Crippen LogP contribution in [0.5, 0.6) is 0 Å². The average Bonchev–Trinajstić information content (AvgIpc) is 3.30. The van der Waals surface area contributed by atoms with E-state index in [0.29, 0.717) is 31.7 Å². The van der Waals surface area contributed by atoms with Crippen LogP contribution in [-0.2, 0) is 0 Å². The maximum Gasteiger partial charge on any atom is 0.297 e. The van der Waals surface area contributed by atoms with Gasteiger partial charge in [-0.05, 0) is 42.3 Å². The van der Waals surface area contributed by atoms with Crippen molar-refractivity contribution in [3.8, 4) is 0 Å². The molecule has 1 atom stereocenters. The summed E-state index contributed by atoms with van der Waals surface area (Å²) in [5.41, 5.74) is 1.76. The van der Waals surface area contributed by atoms with E-state index in [1.165, 1.54) is 16.2 Å². The minimum absolute atomic E-state index is 0.0180. The molecule has 0 radical (unpaired) electrons. The van der Waals surface area contributed by atoms with Crippen molar-refractivity contribution in [3.05, 3.63) is 90.7 Å². The van der Waals surface area contributed by atoms with Gasteiger partial charge in [0.1, 0.15) is 5.58 Å². The van der Waals surface area contributed by atoms with Crippen molar-refractivity contribution in [1.82, 2.24) is 4.98 Å². The standard InChI is InChI=1S/C21H12Cl2N2O3S/c1-10-7-15-13(9-14(10)23)18(26)16-17(11-3-2-4-12(22)8-11)25(20(27)19(16)28-15)21-24-5-6-29-21/h2-9,17H,1H3. The molecule has 3 heterocycles. The smallest absolute Gasteiger partial charge is 0.297 e. The summed E-state index contributed by atoms with van der Waals surface area (Å²) in [6.07, 6.45) is 1.61. The van der Waals surface area contributed by atoms with Gasteiger partial charge in [-0.25, -0.2) is 4.98 Å². The molecule has 1 amide bonds. The molecule has 0 fully saturated rings. The van der Waals surface area contributed by atoms with Gasteiger partial charge < -0.3 is 4.42 Å². The van der Waals surface area contributed by atoms with Crippen LogP contribution >= 0.6 is 34.5 Å². The van der Waals surface area contributed by atoms with Gasteiger partial charge in [0.2, 0.25) is 5.76 Å². The fourth-order valence-corrected chi connectivity index (χ4v) is 4.65. The third-order valence-corrected chi connectivity index (χ3v) is 6.35. The van der Waals surface area contributed by atoms with Crippen LogP contribution < -0.4 is 10.3 Å². The highest BCUT2D eigenvalue weighted by molar-refractivity contribution is 7.13. The van der Waals surface area contributed by atoms with E-state index >= 15 is 0 Å². The molecule has 0 bridgehead atoms. The minimum atomic E-state index is -0.692. The third kappa shape index (κ3) is 2.79. The molecule has 29 heavy (non-hydrogen) atoms. The Labute approximate surface area is 179 Å². The quantitative estimate of drug-likeness (QED) is 0.404. The van der Waals surface area contributed by atoms with Crippen molar-refractivity contribution in [1.29, 1.82) is 0 Å². The van der Waals surface area contributed by atoms with Gasteiger partial charge in [0.05, 0.1) is 17.0 Å². The summed E-state index contributed by atoms with van der Waals surface area (Å²) in [5, 5.41) is 3.55. The molecular weight excluding hydrogens is 431 g/mol. The first-order valence-corrected chi connectivity index (χ1v) is 10.3. The van der Waals surface area contributed by atoms with Crippen molar-refractivity contribution in [2.45, 2.75) is 13.0 Å². The van der Waals surface area contributed by atoms with Gasteiger partial charge in [0, 0.05) is 21.6 Å². The highest BCUT2D eigenvalue weighted by Crippen LogP contribution is 2.42. The van der Waals surface area contributed by atoms with Gasteiger partial charge >= 0.3 is 0 Å². The zero-order chi connectivity index (χ0) is 20.3. The summed E-state index contributed by atoms with van der Waals surface area (Å²) in [6.45, 7) is 1.81. The van der Waals surface area contributed by atoms with Crippen LogP contribution in [0.25, 0.3) is 11.0 Å². The van der Waals surface area contributed by atoms with Crippen LogP contribution in [0.4, 0.5) is 5.13 Å². The van der Waals surface area contributed by atoms with E-state index in [1.807, 2.05) is 13.0 Å². The van der Waals surface area contributed by atoms with E-state index in [2.05, 4.69) is 4.98 Å². The highest BCUT2D eigenvalue weighted by atomic mass is 35.5. The lowest BCUT2D eigenvalue weighted by molar-refractivity contribution is 0.0971. The second-order valence-corrected chi connectivity index (χ2v) is 8.44. The number of hydrogen-bond acceptors (Lipinski definition) is 5. The molecule has 5 rings (SSSR count). The van der Waals surface area contributed by atoms with E-state index in [4.69, 9.17) is 27.6 Å². The molecule has 8 heteroatoms. The number of thiazole rings is 1. The predicted molar refractivity (Wildman–Crippen MR) is 114 cm³/mol. The largest absolute Gasteiger partial charge is 0.450 e. The Morgan fingerprint density at radius 1 is 1.17 bits per heavy atom. The molecule has 0 saturated carbocycles. The Balaban J connectivity index is 1.85. The normalized spacial score (nSPS) is 15.9. The van der Waals surface area contributed by atoms with E-state index in [-0.39, 0.29) is 16.8 Å². The first-order valence-electron chi connectivity index (χ1n) is 8.71. The van der Waals surface area contributed by atoms with Crippen molar-refractivity contribution in [2.75, 3.05) is 4.90 Å². The molecule has 0 saturated heterocycles. The predicted octanol–water partition coefficient (Wildman–Crippen LogP) is 5.61. The SMILES string of the molecule is Cc1cc2oc3c(c(=O)c2cc1Cl)C(c1cccc(Cl)c1)N(c1nccs1)C3=O. The fourth-order valence-electron chi connectivity index (χ4n) is 3.62. The Hall–Kier alpha value is -2.67. The number of carbonyl (C=O) groups is 1. The number of halogens is 2. The molecule has 0 aliphatic carbocycles. The second-order valence-electron chi connectivity index (χ2n) is 6.72. The zero-order valence-electron chi connectivity index (χ0n) is 15.0. The topological polar surface area (TPSA) is 63.4 Å². The zero-order valence-corrected chi connectivity index (χ0v) is 17.3. The van der Waals surface area contributed by atoms with E-state index < -0.39 is 11.9 Å². The third-order valence-electron chi connectivity index (χ3n) is 4.94. The summed E-state index contributed by atoms with van der Waals surface area (Å²) in [7, 11) is 0. The van der Waals surface area contributed by atoms with Crippen LogP contribution in [0, 0.1) is 6.92 Å². The average molecular weight is 443 g/mol. The molecular formula is C21H12Cl2N2O3S. The molecule has 2 aromatic heterocycles. The van der Waals surface area contributed by atoms with E-state index in [1.54, 1.807) is 41.9 Å². The number of rotatable bonds is 2. The Kier molecular flexibility index (Phi) is 4.24. The number of nitrogens with zero attached hydrogens (tertiary/aromatic N) is 2. The van der Waals surface area contributed by atoms with Gasteiger partial charge in [0.15, 0.2) is 10.6 Å². The summed E-state index contributed by atoms with van der Waals surface area (Å²) in [4.78, 5) is 32.5. The first kappa shape index (κ1) is 18.4. The Morgan fingerprint density at radius 2 is 2.00 bits per heavy atom. The first-order chi connectivity index (χ1) is 14.0. The molecule has 144 valence electrons.